The van der Waals surface area contributed by atoms with E-state index >= 15 is 0 Å². The summed E-state index contributed by atoms with van der Waals surface area (Å²) in [4.78, 5) is 46.3. The largest absolute Gasteiger partial charge is 0.447 e. The minimum absolute atomic E-state index is 0.213. The minimum Gasteiger partial charge on any atom is -0.447 e. The molecule has 0 bridgehead atoms. The molecule has 0 aliphatic carbocycles. The number of fused-ring (bicyclic) bond motifs is 1. The molecule has 0 radical (unpaired) electrons. The molecule has 2 aromatic heterocycles. The number of primary amides is 1. The number of rotatable bonds is 7. The van der Waals surface area contributed by atoms with Crippen LogP contribution in [-0.4, -0.2) is 41.0 Å². The number of cyclic esters (lactones) is 1. The summed E-state index contributed by atoms with van der Waals surface area (Å²) in [6.45, 7) is 2.68. The number of hydrogen-bond acceptors (Lipinski definition) is 5. The number of ether oxygens (including phenoxy) is 1. The van der Waals surface area contributed by atoms with Crippen LogP contribution in [0.4, 0.5) is 16.2 Å². The van der Waals surface area contributed by atoms with Crippen molar-refractivity contribution in [1.29, 1.82) is 0 Å². The molecule has 1 saturated heterocycles. The van der Waals surface area contributed by atoms with Crippen molar-refractivity contribution in [1.82, 2.24) is 9.97 Å². The molecule has 0 spiro atoms. The molecular weight excluding hydrogens is 470 g/mol. The van der Waals surface area contributed by atoms with Gasteiger partial charge in [0.2, 0.25) is 11.8 Å². The van der Waals surface area contributed by atoms with Crippen LogP contribution in [0.1, 0.15) is 29.5 Å². The zero-order chi connectivity index (χ0) is 25.9. The van der Waals surface area contributed by atoms with Crippen molar-refractivity contribution in [2.45, 2.75) is 12.8 Å². The zero-order valence-electron chi connectivity index (χ0n) is 20.1. The van der Waals surface area contributed by atoms with Gasteiger partial charge in [-0.15, -0.1) is 0 Å². The van der Waals surface area contributed by atoms with Crippen LogP contribution in [-0.2, 0) is 14.3 Å². The summed E-state index contributed by atoms with van der Waals surface area (Å²) >= 11 is 0. The van der Waals surface area contributed by atoms with Crippen molar-refractivity contribution in [2.24, 2.45) is 5.73 Å². The Bertz CT molecular complexity index is 1510. The first-order valence-electron chi connectivity index (χ1n) is 11.8. The number of anilines is 2. The van der Waals surface area contributed by atoms with Crippen molar-refractivity contribution in [3.8, 4) is 0 Å². The number of H-pyrrole nitrogens is 1. The lowest BCUT2D eigenvalue weighted by Crippen LogP contribution is -2.23. The van der Waals surface area contributed by atoms with Crippen LogP contribution in [0.2, 0.25) is 0 Å². The molecule has 9 nitrogen and oxygen atoms in total. The summed E-state index contributed by atoms with van der Waals surface area (Å²) in [6.07, 6.45) is 4.65. The van der Waals surface area contributed by atoms with Gasteiger partial charge in [-0.05, 0) is 42.3 Å². The average Bonchev–Trinajstić information content (AvgIpc) is 3.53. The quantitative estimate of drug-likeness (QED) is 0.329. The van der Waals surface area contributed by atoms with E-state index in [2.05, 4.69) is 15.3 Å². The standard InChI is InChI=1S/C28H25N5O4/c1-17(18-7-9-21(10-8-18)33-13-14-37-28(33)36)27(35)32-23-11-12-30-26-24(23)20(16-31-26)15-22(25(29)34)19-5-3-2-4-6-19/h2-12,15-17H,13-14H2,1H3,(H2,29,34)(H2,30,31,32,35). The van der Waals surface area contributed by atoms with E-state index < -0.39 is 11.8 Å². The van der Waals surface area contributed by atoms with Gasteiger partial charge in [0.05, 0.1) is 18.2 Å². The highest BCUT2D eigenvalue weighted by atomic mass is 16.6. The van der Waals surface area contributed by atoms with E-state index in [9.17, 15) is 14.4 Å². The van der Waals surface area contributed by atoms with E-state index in [0.29, 0.717) is 46.6 Å². The number of aromatic amines is 1. The lowest BCUT2D eigenvalue weighted by Gasteiger charge is -2.16. The van der Waals surface area contributed by atoms with E-state index in [1.807, 2.05) is 49.4 Å². The second-order valence-corrected chi connectivity index (χ2v) is 8.68. The molecule has 0 saturated carbocycles. The monoisotopic (exact) mass is 495 g/mol. The maximum absolute atomic E-state index is 13.2. The van der Waals surface area contributed by atoms with Crippen molar-refractivity contribution >= 4 is 52.0 Å². The Labute approximate surface area is 212 Å². The van der Waals surface area contributed by atoms with Gasteiger partial charge < -0.3 is 20.8 Å². The summed E-state index contributed by atoms with van der Waals surface area (Å²) < 4.78 is 4.99. The molecule has 37 heavy (non-hydrogen) atoms. The molecule has 5 rings (SSSR count). The molecule has 1 unspecified atom stereocenters. The van der Waals surface area contributed by atoms with E-state index in [-0.39, 0.29) is 12.0 Å². The molecule has 186 valence electrons. The number of nitrogens with two attached hydrogens (primary N) is 1. The summed E-state index contributed by atoms with van der Waals surface area (Å²) in [5, 5.41) is 3.67. The molecule has 4 N–H and O–H groups in total. The predicted molar refractivity (Wildman–Crippen MR) is 142 cm³/mol. The van der Waals surface area contributed by atoms with E-state index in [4.69, 9.17) is 10.5 Å². The van der Waals surface area contributed by atoms with Gasteiger partial charge in [0.1, 0.15) is 12.3 Å². The SMILES string of the molecule is CC(C(=O)Nc1ccnc2[nH]cc(C=C(C(N)=O)c3ccccc3)c12)c1ccc(N2CCOC2=O)cc1. The third kappa shape index (κ3) is 4.79. The van der Waals surface area contributed by atoms with E-state index in [1.165, 1.54) is 0 Å². The molecule has 1 fully saturated rings. The predicted octanol–water partition coefficient (Wildman–Crippen LogP) is 4.29. The fraction of sp³-hybridized carbons (Fsp3) is 0.143. The van der Waals surface area contributed by atoms with Crippen LogP contribution in [0.25, 0.3) is 22.7 Å². The summed E-state index contributed by atoms with van der Waals surface area (Å²) in [5.41, 5.74) is 10.0. The summed E-state index contributed by atoms with van der Waals surface area (Å²) in [5.74, 6) is -1.24. The van der Waals surface area contributed by atoms with Crippen molar-refractivity contribution in [2.75, 3.05) is 23.4 Å². The number of aromatic nitrogens is 2. The number of amides is 3. The van der Waals surface area contributed by atoms with E-state index in [1.54, 1.807) is 41.6 Å². The lowest BCUT2D eigenvalue weighted by atomic mass is 9.99. The first kappa shape index (κ1) is 23.8. The Balaban J connectivity index is 1.41. The fourth-order valence-corrected chi connectivity index (χ4v) is 4.33. The number of nitrogens with one attached hydrogen (secondary N) is 2. The topological polar surface area (TPSA) is 130 Å². The molecule has 1 aliphatic heterocycles. The molecule has 4 aromatic rings. The van der Waals surface area contributed by atoms with Crippen molar-refractivity contribution in [3.63, 3.8) is 0 Å². The third-order valence-electron chi connectivity index (χ3n) is 6.37. The van der Waals surface area contributed by atoms with Crippen LogP contribution in [0, 0.1) is 0 Å². The van der Waals surface area contributed by atoms with Gasteiger partial charge >= 0.3 is 6.09 Å². The lowest BCUT2D eigenvalue weighted by molar-refractivity contribution is -0.117. The third-order valence-corrected chi connectivity index (χ3v) is 6.37. The number of carbonyl (C=O) groups is 3. The van der Waals surface area contributed by atoms with Gasteiger partial charge in [-0.3, -0.25) is 14.5 Å². The van der Waals surface area contributed by atoms with Gasteiger partial charge in [-0.25, -0.2) is 9.78 Å². The smallest absolute Gasteiger partial charge is 0.414 e. The first-order valence-corrected chi connectivity index (χ1v) is 11.8. The van der Waals surface area contributed by atoms with Gasteiger partial charge in [-0.2, -0.15) is 0 Å². The second kappa shape index (κ2) is 9.98. The average molecular weight is 496 g/mol. The minimum atomic E-state index is -0.561. The van der Waals surface area contributed by atoms with Crippen LogP contribution >= 0.6 is 0 Å². The van der Waals surface area contributed by atoms with Gasteiger partial charge in [0.25, 0.3) is 0 Å². The van der Waals surface area contributed by atoms with Crippen molar-refractivity contribution < 1.29 is 19.1 Å². The Morgan fingerprint density at radius 3 is 2.57 bits per heavy atom. The van der Waals surface area contributed by atoms with Crippen molar-refractivity contribution in [3.05, 3.63) is 89.7 Å². The Morgan fingerprint density at radius 1 is 1.14 bits per heavy atom. The summed E-state index contributed by atoms with van der Waals surface area (Å²) in [6, 6.07) is 18.1. The van der Waals surface area contributed by atoms with Gasteiger partial charge in [0, 0.05) is 34.6 Å². The number of pyridine rings is 1. The molecule has 2 aromatic carbocycles. The Kier molecular flexibility index (Phi) is 6.42. The highest BCUT2D eigenvalue weighted by Crippen LogP contribution is 2.30. The van der Waals surface area contributed by atoms with Crippen LogP contribution < -0.4 is 16.0 Å². The molecule has 1 atom stereocenters. The first-order chi connectivity index (χ1) is 17.9. The second-order valence-electron chi connectivity index (χ2n) is 8.68. The van der Waals surface area contributed by atoms with Gasteiger partial charge in [-0.1, -0.05) is 42.5 Å². The molecule has 3 amide bonds. The molecule has 1 aliphatic rings. The number of carbonyl (C=O) groups excluding carboxylic acids is 3. The number of hydrogen-bond donors (Lipinski definition) is 3. The number of benzene rings is 2. The highest BCUT2D eigenvalue weighted by Gasteiger charge is 2.24. The molecule has 9 heteroatoms. The normalized spacial score (nSPS) is 14.5. The van der Waals surface area contributed by atoms with Gasteiger partial charge in [0.15, 0.2) is 0 Å². The Morgan fingerprint density at radius 2 is 1.89 bits per heavy atom. The maximum Gasteiger partial charge on any atom is 0.414 e. The molecule has 3 heterocycles. The maximum atomic E-state index is 13.2. The summed E-state index contributed by atoms with van der Waals surface area (Å²) in [7, 11) is 0. The van der Waals surface area contributed by atoms with E-state index in [0.717, 1.165) is 11.3 Å². The fourth-order valence-electron chi connectivity index (χ4n) is 4.33. The zero-order valence-corrected chi connectivity index (χ0v) is 20.1. The van der Waals surface area contributed by atoms with Crippen LogP contribution in [0.15, 0.2) is 73.1 Å². The number of nitrogens with zero attached hydrogens (tertiary/aromatic N) is 2. The van der Waals surface area contributed by atoms with Crippen LogP contribution in [0.3, 0.4) is 0 Å². The molecular formula is C28H25N5O4. The Hall–Kier alpha value is -4.92. The van der Waals surface area contributed by atoms with Crippen LogP contribution in [0.5, 0.6) is 0 Å². The highest BCUT2D eigenvalue weighted by molar-refractivity contribution is 6.24.